The number of nitrogens with one attached hydrogen (secondary N) is 1. The average molecular weight is 245 g/mol. The molecule has 0 amide bonds. The van der Waals surface area contributed by atoms with E-state index < -0.39 is 0 Å². The van der Waals surface area contributed by atoms with Crippen LogP contribution in [-0.4, -0.2) is 32.4 Å². The zero-order valence-corrected chi connectivity index (χ0v) is 10.9. The smallest absolute Gasteiger partial charge is 0.160 e. The molecule has 0 spiro atoms. The molecule has 5 nitrogen and oxygen atoms in total. The van der Waals surface area contributed by atoms with Crippen LogP contribution < -0.4 is 5.32 Å². The summed E-state index contributed by atoms with van der Waals surface area (Å²) in [5.74, 6) is 0.949. The predicted octanol–water partition coefficient (Wildman–Crippen LogP) is 1.25. The Morgan fingerprint density at radius 3 is 2.78 bits per heavy atom. The summed E-state index contributed by atoms with van der Waals surface area (Å²) in [7, 11) is 1.94. The van der Waals surface area contributed by atoms with E-state index in [2.05, 4.69) is 26.9 Å². The molecule has 2 aromatic rings. The van der Waals surface area contributed by atoms with E-state index in [0.29, 0.717) is 0 Å². The topological polar surface area (TPSA) is 47.7 Å². The first kappa shape index (κ1) is 11.5. The minimum Gasteiger partial charge on any atom is -0.317 e. The fourth-order valence-corrected chi connectivity index (χ4v) is 2.69. The van der Waals surface area contributed by atoms with Crippen LogP contribution >= 0.6 is 0 Å². The third-order valence-corrected chi connectivity index (χ3v) is 3.91. The van der Waals surface area contributed by atoms with Crippen molar-refractivity contribution in [1.29, 1.82) is 0 Å². The van der Waals surface area contributed by atoms with E-state index in [-0.39, 0.29) is 5.41 Å². The number of piperidine rings is 1. The minimum atomic E-state index is 0.194. The SMILES string of the molecule is Cn1ccc(-n2cncc2C2(C)CCNCC2)n1. The van der Waals surface area contributed by atoms with E-state index in [1.807, 2.05) is 36.5 Å². The Labute approximate surface area is 107 Å². The van der Waals surface area contributed by atoms with Crippen molar-refractivity contribution in [2.24, 2.45) is 7.05 Å². The third-order valence-electron chi connectivity index (χ3n) is 3.91. The Kier molecular flexibility index (Phi) is 2.70. The van der Waals surface area contributed by atoms with Crippen molar-refractivity contribution in [2.75, 3.05) is 13.1 Å². The summed E-state index contributed by atoms with van der Waals surface area (Å²) < 4.78 is 3.94. The van der Waals surface area contributed by atoms with E-state index in [1.165, 1.54) is 5.69 Å². The van der Waals surface area contributed by atoms with Crippen molar-refractivity contribution in [1.82, 2.24) is 24.6 Å². The first-order valence-corrected chi connectivity index (χ1v) is 6.43. The lowest BCUT2D eigenvalue weighted by Crippen LogP contribution is -2.38. The van der Waals surface area contributed by atoms with E-state index in [1.54, 1.807) is 0 Å². The molecular formula is C13H19N5. The van der Waals surface area contributed by atoms with Gasteiger partial charge < -0.3 is 5.32 Å². The van der Waals surface area contributed by atoms with Crippen molar-refractivity contribution in [3.8, 4) is 5.82 Å². The van der Waals surface area contributed by atoms with Gasteiger partial charge in [0, 0.05) is 36.6 Å². The number of aryl methyl sites for hydroxylation is 1. The molecule has 0 bridgehead atoms. The van der Waals surface area contributed by atoms with Gasteiger partial charge in [0.25, 0.3) is 0 Å². The standard InChI is InChI=1S/C13H19N5/c1-13(4-6-14-7-5-13)11-9-15-10-18(11)12-3-8-17(2)16-12/h3,8-10,14H,4-7H2,1-2H3. The Morgan fingerprint density at radius 2 is 2.11 bits per heavy atom. The second-order valence-corrected chi connectivity index (χ2v) is 5.31. The van der Waals surface area contributed by atoms with Crippen LogP contribution in [0.2, 0.25) is 0 Å². The lowest BCUT2D eigenvalue weighted by Gasteiger charge is -2.34. The number of rotatable bonds is 2. The van der Waals surface area contributed by atoms with Crippen molar-refractivity contribution in [2.45, 2.75) is 25.2 Å². The Balaban J connectivity index is 2.01. The molecule has 1 N–H and O–H groups in total. The molecule has 0 aliphatic carbocycles. The molecule has 2 aromatic heterocycles. The van der Waals surface area contributed by atoms with Crippen LogP contribution in [0.15, 0.2) is 24.8 Å². The van der Waals surface area contributed by atoms with Gasteiger partial charge in [0.05, 0.1) is 0 Å². The maximum absolute atomic E-state index is 4.46. The molecule has 1 fully saturated rings. The van der Waals surface area contributed by atoms with E-state index >= 15 is 0 Å². The van der Waals surface area contributed by atoms with Gasteiger partial charge in [-0.1, -0.05) is 6.92 Å². The van der Waals surface area contributed by atoms with Crippen LogP contribution in [0.4, 0.5) is 0 Å². The summed E-state index contributed by atoms with van der Waals surface area (Å²) in [6.45, 7) is 4.47. The van der Waals surface area contributed by atoms with E-state index in [0.717, 1.165) is 31.7 Å². The number of hydrogen-bond donors (Lipinski definition) is 1. The van der Waals surface area contributed by atoms with E-state index in [4.69, 9.17) is 0 Å². The summed E-state index contributed by atoms with van der Waals surface area (Å²) in [6, 6.07) is 2.02. The van der Waals surface area contributed by atoms with Crippen molar-refractivity contribution >= 4 is 0 Å². The molecule has 0 unspecified atom stereocenters. The molecule has 3 heterocycles. The van der Waals surface area contributed by atoms with Crippen LogP contribution in [0.25, 0.3) is 5.82 Å². The van der Waals surface area contributed by atoms with Gasteiger partial charge in [-0.05, 0) is 25.9 Å². The first-order valence-electron chi connectivity index (χ1n) is 6.43. The quantitative estimate of drug-likeness (QED) is 0.866. The summed E-state index contributed by atoms with van der Waals surface area (Å²) in [5, 5.41) is 7.88. The molecule has 1 saturated heterocycles. The van der Waals surface area contributed by atoms with Crippen molar-refractivity contribution in [3.63, 3.8) is 0 Å². The summed E-state index contributed by atoms with van der Waals surface area (Å²) in [5.41, 5.74) is 1.46. The number of hydrogen-bond acceptors (Lipinski definition) is 3. The normalized spacial score (nSPS) is 19.0. The molecule has 0 aromatic carbocycles. The number of imidazole rings is 1. The van der Waals surface area contributed by atoms with Gasteiger partial charge in [0.1, 0.15) is 6.33 Å². The molecule has 0 saturated carbocycles. The Hall–Kier alpha value is -1.62. The Morgan fingerprint density at radius 1 is 1.33 bits per heavy atom. The van der Waals surface area contributed by atoms with Gasteiger partial charge in [-0.25, -0.2) is 4.98 Å². The van der Waals surface area contributed by atoms with Gasteiger partial charge in [-0.3, -0.25) is 9.25 Å². The van der Waals surface area contributed by atoms with Crippen LogP contribution in [0, 0.1) is 0 Å². The van der Waals surface area contributed by atoms with Gasteiger partial charge >= 0.3 is 0 Å². The molecule has 5 heteroatoms. The Bertz CT molecular complexity index is 533. The van der Waals surface area contributed by atoms with Crippen LogP contribution in [0.5, 0.6) is 0 Å². The summed E-state index contributed by atoms with van der Waals surface area (Å²) in [6.07, 6.45) is 8.10. The lowest BCUT2D eigenvalue weighted by atomic mass is 9.78. The third kappa shape index (κ3) is 1.84. The predicted molar refractivity (Wildman–Crippen MR) is 69.8 cm³/mol. The molecule has 0 radical (unpaired) electrons. The number of aromatic nitrogens is 4. The maximum Gasteiger partial charge on any atom is 0.160 e. The first-order chi connectivity index (χ1) is 8.69. The molecular weight excluding hydrogens is 226 g/mol. The highest BCUT2D eigenvalue weighted by Crippen LogP contribution is 2.33. The largest absolute Gasteiger partial charge is 0.317 e. The van der Waals surface area contributed by atoms with Gasteiger partial charge in [0.2, 0.25) is 0 Å². The number of nitrogens with zero attached hydrogens (tertiary/aromatic N) is 4. The molecule has 96 valence electrons. The molecule has 1 aliphatic rings. The second-order valence-electron chi connectivity index (χ2n) is 5.31. The lowest BCUT2D eigenvalue weighted by molar-refractivity contribution is 0.323. The average Bonchev–Trinajstić information content (AvgIpc) is 2.98. The molecule has 1 aliphatic heterocycles. The summed E-state index contributed by atoms with van der Waals surface area (Å²) >= 11 is 0. The minimum absolute atomic E-state index is 0.194. The van der Waals surface area contributed by atoms with Crippen molar-refractivity contribution < 1.29 is 0 Å². The molecule has 0 atom stereocenters. The highest BCUT2D eigenvalue weighted by molar-refractivity contribution is 5.28. The fourth-order valence-electron chi connectivity index (χ4n) is 2.69. The van der Waals surface area contributed by atoms with Crippen LogP contribution in [0.1, 0.15) is 25.5 Å². The second kappa shape index (κ2) is 4.24. The van der Waals surface area contributed by atoms with Crippen molar-refractivity contribution in [3.05, 3.63) is 30.5 Å². The molecule has 3 rings (SSSR count). The monoisotopic (exact) mass is 245 g/mol. The van der Waals surface area contributed by atoms with Gasteiger partial charge in [0.15, 0.2) is 5.82 Å². The van der Waals surface area contributed by atoms with Gasteiger partial charge in [-0.2, -0.15) is 5.10 Å². The maximum atomic E-state index is 4.46. The highest BCUT2D eigenvalue weighted by Gasteiger charge is 2.32. The van der Waals surface area contributed by atoms with Crippen LogP contribution in [0.3, 0.4) is 0 Å². The highest BCUT2D eigenvalue weighted by atomic mass is 15.3. The molecule has 18 heavy (non-hydrogen) atoms. The summed E-state index contributed by atoms with van der Waals surface area (Å²) in [4.78, 5) is 4.32. The van der Waals surface area contributed by atoms with E-state index in [9.17, 15) is 0 Å². The zero-order valence-electron chi connectivity index (χ0n) is 10.9. The fraction of sp³-hybridized carbons (Fsp3) is 0.538. The van der Waals surface area contributed by atoms with Crippen LogP contribution in [-0.2, 0) is 12.5 Å². The van der Waals surface area contributed by atoms with Gasteiger partial charge in [-0.15, -0.1) is 0 Å². The zero-order chi connectivity index (χ0) is 12.6.